The number of hydrogen-bond acceptors (Lipinski definition) is 7. The molecular formula is C34H39Cl2N3O6. The molecule has 2 aliphatic carbocycles. The molecule has 240 valence electrons. The van der Waals surface area contributed by atoms with Gasteiger partial charge in [0.1, 0.15) is 0 Å². The Hall–Kier alpha value is -3.69. The molecule has 2 N–H and O–H groups in total. The maximum atomic E-state index is 12.6. The lowest BCUT2D eigenvalue weighted by molar-refractivity contribution is -0.119. The fourth-order valence-corrected chi connectivity index (χ4v) is 6.34. The first-order valence-electron chi connectivity index (χ1n) is 15.4. The Morgan fingerprint density at radius 2 is 1.38 bits per heavy atom. The number of rotatable bonds is 9. The summed E-state index contributed by atoms with van der Waals surface area (Å²) in [5.74, 6) is 2.80. The fraction of sp³-hybridized carbons (Fsp3) is 0.441. The maximum absolute atomic E-state index is 12.6. The van der Waals surface area contributed by atoms with Crippen molar-refractivity contribution < 1.29 is 28.5 Å². The number of pyridine rings is 1. The van der Waals surface area contributed by atoms with Crippen molar-refractivity contribution in [2.45, 2.75) is 75.9 Å². The first-order valence-corrected chi connectivity index (χ1v) is 16.2. The average Bonchev–Trinajstić information content (AvgIpc) is 3.84. The predicted molar refractivity (Wildman–Crippen MR) is 174 cm³/mol. The molecule has 3 aromatic rings. The number of anilines is 1. The molecule has 3 fully saturated rings. The summed E-state index contributed by atoms with van der Waals surface area (Å²) < 4.78 is 22.8. The first kappa shape index (κ1) is 32.7. The summed E-state index contributed by atoms with van der Waals surface area (Å²) in [7, 11) is 3.24. The second-order valence-electron chi connectivity index (χ2n) is 11.5. The maximum Gasteiger partial charge on any atom is 0.255 e. The summed E-state index contributed by atoms with van der Waals surface area (Å²) in [6.45, 7) is 0.716. The van der Waals surface area contributed by atoms with Gasteiger partial charge in [0.15, 0.2) is 23.0 Å². The number of benzene rings is 2. The summed E-state index contributed by atoms with van der Waals surface area (Å²) in [5, 5.41) is 6.14. The van der Waals surface area contributed by atoms with E-state index in [1.54, 1.807) is 32.4 Å². The third-order valence-corrected chi connectivity index (χ3v) is 8.92. The van der Waals surface area contributed by atoms with Crippen molar-refractivity contribution >= 4 is 40.7 Å². The van der Waals surface area contributed by atoms with Crippen molar-refractivity contribution in [3.8, 4) is 23.0 Å². The first-order chi connectivity index (χ1) is 21.8. The van der Waals surface area contributed by atoms with E-state index in [9.17, 15) is 9.59 Å². The van der Waals surface area contributed by atoms with Gasteiger partial charge in [0.2, 0.25) is 5.91 Å². The third kappa shape index (κ3) is 8.52. The molecule has 0 bridgehead atoms. The van der Waals surface area contributed by atoms with E-state index >= 15 is 0 Å². The molecule has 9 nitrogen and oxygen atoms in total. The molecule has 1 unspecified atom stereocenters. The molecule has 2 amide bonds. The molecule has 2 saturated carbocycles. The van der Waals surface area contributed by atoms with Gasteiger partial charge >= 0.3 is 0 Å². The van der Waals surface area contributed by atoms with Crippen molar-refractivity contribution in [2.75, 3.05) is 26.1 Å². The van der Waals surface area contributed by atoms with Crippen LogP contribution in [-0.2, 0) is 4.79 Å². The van der Waals surface area contributed by atoms with Crippen LogP contribution in [0.1, 0.15) is 79.6 Å². The minimum absolute atomic E-state index is 0.129. The molecule has 0 spiro atoms. The molecule has 1 saturated heterocycles. The number of carbonyl (C=O) groups excluding carboxylic acids is 2. The summed E-state index contributed by atoms with van der Waals surface area (Å²) in [6, 6.07) is 11.1. The van der Waals surface area contributed by atoms with Crippen LogP contribution >= 0.6 is 23.2 Å². The highest BCUT2D eigenvalue weighted by Crippen LogP contribution is 2.36. The number of aromatic nitrogens is 1. The minimum atomic E-state index is -0.339. The van der Waals surface area contributed by atoms with Gasteiger partial charge in [0.05, 0.1) is 42.2 Å². The fourth-order valence-electron chi connectivity index (χ4n) is 5.88. The van der Waals surface area contributed by atoms with Crippen molar-refractivity contribution in [1.29, 1.82) is 0 Å². The number of nitrogens with zero attached hydrogens (tertiary/aromatic N) is 1. The number of ether oxygens (including phenoxy) is 4. The molecule has 1 aromatic heterocycles. The van der Waals surface area contributed by atoms with Gasteiger partial charge in [-0.25, -0.2) is 0 Å². The van der Waals surface area contributed by atoms with Gasteiger partial charge < -0.3 is 29.6 Å². The van der Waals surface area contributed by atoms with Crippen LogP contribution in [0.25, 0.3) is 0 Å². The number of hydrogen-bond donors (Lipinski definition) is 2. The topological polar surface area (TPSA) is 108 Å². The molecule has 6 rings (SSSR count). The van der Waals surface area contributed by atoms with Gasteiger partial charge in [-0.2, -0.15) is 0 Å². The smallest absolute Gasteiger partial charge is 0.255 e. The average molecular weight is 657 g/mol. The van der Waals surface area contributed by atoms with E-state index in [-0.39, 0.29) is 33.9 Å². The summed E-state index contributed by atoms with van der Waals surface area (Å²) in [5.41, 5.74) is 1.91. The van der Waals surface area contributed by atoms with Crippen LogP contribution in [-0.4, -0.2) is 49.8 Å². The van der Waals surface area contributed by atoms with Gasteiger partial charge in [-0.05, 0) is 87.3 Å². The zero-order valence-electron chi connectivity index (χ0n) is 25.6. The number of halogens is 2. The molecule has 1 aliphatic heterocycles. The highest BCUT2D eigenvalue weighted by Gasteiger charge is 2.25. The predicted octanol–water partition coefficient (Wildman–Crippen LogP) is 7.59. The molecule has 2 heterocycles. The van der Waals surface area contributed by atoms with E-state index in [2.05, 4.69) is 15.6 Å². The molecular weight excluding hydrogens is 617 g/mol. The molecule has 1 atom stereocenters. The zero-order valence-corrected chi connectivity index (χ0v) is 27.1. The monoisotopic (exact) mass is 655 g/mol. The van der Waals surface area contributed by atoms with Crippen LogP contribution < -0.4 is 29.6 Å². The van der Waals surface area contributed by atoms with Gasteiger partial charge in [-0.3, -0.25) is 14.6 Å². The van der Waals surface area contributed by atoms with Crippen LogP contribution in [0.5, 0.6) is 23.0 Å². The lowest BCUT2D eigenvalue weighted by Crippen LogP contribution is -2.15. The normalized spacial score (nSPS) is 18.1. The Bertz CT molecular complexity index is 1470. The highest BCUT2D eigenvalue weighted by molar-refractivity contribution is 6.39. The molecule has 2 aromatic carbocycles. The molecule has 0 radical (unpaired) electrons. The van der Waals surface area contributed by atoms with Crippen molar-refractivity contribution in [2.24, 2.45) is 0 Å². The van der Waals surface area contributed by atoms with Crippen molar-refractivity contribution in [3.05, 3.63) is 70.0 Å². The molecule has 45 heavy (non-hydrogen) atoms. The lowest BCUT2D eigenvalue weighted by Gasteiger charge is -2.18. The van der Waals surface area contributed by atoms with Crippen LogP contribution in [0.3, 0.4) is 0 Å². The van der Waals surface area contributed by atoms with Gasteiger partial charge in [-0.1, -0.05) is 29.3 Å². The zero-order chi connectivity index (χ0) is 31.8. The Morgan fingerprint density at radius 3 is 1.91 bits per heavy atom. The minimum Gasteiger partial charge on any atom is -0.493 e. The van der Waals surface area contributed by atoms with Crippen LogP contribution in [0.4, 0.5) is 5.69 Å². The Labute approximate surface area is 273 Å². The Kier molecular flexibility index (Phi) is 11.3. The second-order valence-corrected chi connectivity index (χ2v) is 12.3. The summed E-state index contributed by atoms with van der Waals surface area (Å²) in [6.07, 6.45) is 13.0. The Balaban J connectivity index is 0.000000182. The lowest BCUT2D eigenvalue weighted by atomic mass is 9.98. The number of amides is 2. The van der Waals surface area contributed by atoms with E-state index in [1.807, 2.05) is 18.2 Å². The van der Waals surface area contributed by atoms with E-state index in [0.29, 0.717) is 41.8 Å². The highest BCUT2D eigenvalue weighted by atomic mass is 35.5. The van der Waals surface area contributed by atoms with E-state index in [4.69, 9.17) is 42.1 Å². The van der Waals surface area contributed by atoms with E-state index < -0.39 is 0 Å². The Morgan fingerprint density at radius 1 is 0.822 bits per heavy atom. The number of nitrogens with one attached hydrogen (secondary N) is 2. The second kappa shape index (κ2) is 15.5. The number of carbonyl (C=O) groups is 2. The van der Waals surface area contributed by atoms with E-state index in [1.165, 1.54) is 25.2 Å². The third-order valence-electron chi connectivity index (χ3n) is 8.35. The quantitative estimate of drug-likeness (QED) is 0.244. The largest absolute Gasteiger partial charge is 0.493 e. The summed E-state index contributed by atoms with van der Waals surface area (Å²) >= 11 is 12.1. The van der Waals surface area contributed by atoms with Crippen LogP contribution in [0.15, 0.2) is 48.8 Å². The number of methoxy groups -OCH3 is 2. The standard InChI is InChI=1S/C18H18Cl2N2O3.C16H21NO3/c1-24-15-7-6-11(8-16(15)25-12-4-2-3-5-12)18(23)22-17-13(19)9-21-10-14(17)20;1-19-14-7-6-11(12-9-16(18)17-10-12)8-15(14)20-13-4-2-3-5-13/h6-10,12H,2-5H2,1H3,(H,21,22,23);6-8,12-13H,2-5,9-10H2,1H3,(H,17,18). The molecule has 3 aliphatic rings. The van der Waals surface area contributed by atoms with Gasteiger partial charge in [0, 0.05) is 36.8 Å². The van der Waals surface area contributed by atoms with Crippen molar-refractivity contribution in [1.82, 2.24) is 10.3 Å². The molecule has 11 heteroatoms. The summed E-state index contributed by atoms with van der Waals surface area (Å²) in [4.78, 5) is 27.8. The van der Waals surface area contributed by atoms with Crippen LogP contribution in [0, 0.1) is 0 Å². The SMILES string of the molecule is COc1ccc(C(=O)Nc2c(Cl)cncc2Cl)cc1OC1CCCC1.COc1ccc(C2CNC(=O)C2)cc1OC1CCCC1. The van der Waals surface area contributed by atoms with Gasteiger partial charge in [0.25, 0.3) is 5.91 Å². The van der Waals surface area contributed by atoms with Crippen LogP contribution in [0.2, 0.25) is 10.0 Å². The van der Waals surface area contributed by atoms with Crippen molar-refractivity contribution in [3.63, 3.8) is 0 Å². The van der Waals surface area contributed by atoms with Gasteiger partial charge in [-0.15, -0.1) is 0 Å². The van der Waals surface area contributed by atoms with E-state index in [0.717, 1.165) is 55.6 Å².